The molecule has 1 saturated heterocycles. The standard InChI is InChI=1S/C21H33NO/c1-17-15-22(16-18(2)23-17)14-6-7-19-10-12-21(13-11-19)20-8-4-3-5-9-20/h10-13,17-18,20H,3-9,14-16H2,1-2H3. The molecule has 128 valence electrons. The fraction of sp³-hybridized carbons (Fsp3) is 0.714. The molecule has 2 unspecified atom stereocenters. The average molecular weight is 316 g/mol. The van der Waals surface area contributed by atoms with Crippen molar-refractivity contribution in [2.45, 2.75) is 76.9 Å². The molecule has 1 aliphatic carbocycles. The lowest BCUT2D eigenvalue weighted by molar-refractivity contribution is -0.0680. The Balaban J connectivity index is 1.43. The molecule has 1 aromatic rings. The van der Waals surface area contributed by atoms with Crippen molar-refractivity contribution in [3.8, 4) is 0 Å². The summed E-state index contributed by atoms with van der Waals surface area (Å²) < 4.78 is 5.81. The Morgan fingerprint density at radius 3 is 2.26 bits per heavy atom. The molecule has 1 aliphatic heterocycles. The van der Waals surface area contributed by atoms with Crippen molar-refractivity contribution in [1.82, 2.24) is 4.90 Å². The van der Waals surface area contributed by atoms with E-state index in [4.69, 9.17) is 4.74 Å². The maximum Gasteiger partial charge on any atom is 0.0678 e. The van der Waals surface area contributed by atoms with Crippen molar-refractivity contribution >= 4 is 0 Å². The molecule has 0 amide bonds. The van der Waals surface area contributed by atoms with E-state index in [9.17, 15) is 0 Å². The molecule has 0 aromatic heterocycles. The summed E-state index contributed by atoms with van der Waals surface area (Å²) in [6, 6.07) is 9.53. The normalized spacial score (nSPS) is 27.2. The number of hydrogen-bond donors (Lipinski definition) is 0. The molecule has 2 heteroatoms. The van der Waals surface area contributed by atoms with Gasteiger partial charge in [-0.15, -0.1) is 0 Å². The highest BCUT2D eigenvalue weighted by Crippen LogP contribution is 2.32. The van der Waals surface area contributed by atoms with Crippen molar-refractivity contribution in [1.29, 1.82) is 0 Å². The molecule has 1 saturated carbocycles. The third-order valence-electron chi connectivity index (χ3n) is 5.49. The smallest absolute Gasteiger partial charge is 0.0678 e. The SMILES string of the molecule is CC1CN(CCCc2ccc(C3CCCCC3)cc2)CC(C)O1. The molecule has 3 rings (SSSR count). The second kappa shape index (κ2) is 8.30. The highest BCUT2D eigenvalue weighted by Gasteiger charge is 2.21. The van der Waals surface area contributed by atoms with Crippen LogP contribution < -0.4 is 0 Å². The van der Waals surface area contributed by atoms with Gasteiger partial charge in [-0.25, -0.2) is 0 Å². The van der Waals surface area contributed by atoms with Gasteiger partial charge in [0.05, 0.1) is 12.2 Å². The maximum atomic E-state index is 5.81. The van der Waals surface area contributed by atoms with Crippen molar-refractivity contribution in [3.05, 3.63) is 35.4 Å². The summed E-state index contributed by atoms with van der Waals surface area (Å²) in [4.78, 5) is 2.56. The predicted octanol–water partition coefficient (Wildman–Crippen LogP) is 4.78. The summed E-state index contributed by atoms with van der Waals surface area (Å²) >= 11 is 0. The Kier molecular flexibility index (Phi) is 6.13. The van der Waals surface area contributed by atoms with E-state index in [0.717, 1.165) is 19.0 Å². The fourth-order valence-electron chi connectivity index (χ4n) is 4.37. The van der Waals surface area contributed by atoms with Gasteiger partial charge in [-0.2, -0.15) is 0 Å². The first-order chi connectivity index (χ1) is 11.2. The second-order valence-electron chi connectivity index (χ2n) is 7.70. The first-order valence-electron chi connectivity index (χ1n) is 9.67. The number of nitrogens with zero attached hydrogens (tertiary/aromatic N) is 1. The Morgan fingerprint density at radius 1 is 0.957 bits per heavy atom. The second-order valence-corrected chi connectivity index (χ2v) is 7.70. The zero-order valence-corrected chi connectivity index (χ0v) is 15.0. The van der Waals surface area contributed by atoms with Crippen LogP contribution in [0.4, 0.5) is 0 Å². The number of hydrogen-bond acceptors (Lipinski definition) is 2. The van der Waals surface area contributed by atoms with Gasteiger partial charge in [0, 0.05) is 13.1 Å². The van der Waals surface area contributed by atoms with Crippen LogP contribution in [0, 0.1) is 0 Å². The van der Waals surface area contributed by atoms with Crippen LogP contribution in [-0.2, 0) is 11.2 Å². The fourth-order valence-corrected chi connectivity index (χ4v) is 4.37. The van der Waals surface area contributed by atoms with Crippen molar-refractivity contribution in [2.75, 3.05) is 19.6 Å². The van der Waals surface area contributed by atoms with E-state index in [1.165, 1.54) is 57.1 Å². The molecule has 2 aliphatic rings. The predicted molar refractivity (Wildman–Crippen MR) is 97.0 cm³/mol. The number of benzene rings is 1. The van der Waals surface area contributed by atoms with Gasteiger partial charge in [0.1, 0.15) is 0 Å². The van der Waals surface area contributed by atoms with Crippen LogP contribution in [-0.4, -0.2) is 36.7 Å². The Bertz CT molecular complexity index is 453. The summed E-state index contributed by atoms with van der Waals surface area (Å²) in [6.07, 6.45) is 10.3. The third kappa shape index (κ3) is 5.06. The first-order valence-corrected chi connectivity index (χ1v) is 9.67. The van der Waals surface area contributed by atoms with Gasteiger partial charge in [-0.3, -0.25) is 4.90 Å². The topological polar surface area (TPSA) is 12.5 Å². The summed E-state index contributed by atoms with van der Waals surface area (Å²) in [5.41, 5.74) is 3.07. The molecule has 23 heavy (non-hydrogen) atoms. The van der Waals surface area contributed by atoms with E-state index >= 15 is 0 Å². The third-order valence-corrected chi connectivity index (χ3v) is 5.49. The van der Waals surface area contributed by atoms with Crippen LogP contribution in [0.25, 0.3) is 0 Å². The van der Waals surface area contributed by atoms with E-state index < -0.39 is 0 Å². The molecule has 0 bridgehead atoms. The Morgan fingerprint density at radius 2 is 1.61 bits per heavy atom. The first kappa shape index (κ1) is 17.0. The number of ether oxygens (including phenoxy) is 1. The highest BCUT2D eigenvalue weighted by atomic mass is 16.5. The molecular weight excluding hydrogens is 282 g/mol. The largest absolute Gasteiger partial charge is 0.373 e. The van der Waals surface area contributed by atoms with Crippen LogP contribution in [0.2, 0.25) is 0 Å². The monoisotopic (exact) mass is 315 g/mol. The molecule has 2 atom stereocenters. The zero-order valence-electron chi connectivity index (χ0n) is 15.0. The van der Waals surface area contributed by atoms with Crippen molar-refractivity contribution in [2.24, 2.45) is 0 Å². The summed E-state index contributed by atoms with van der Waals surface area (Å²) in [5.74, 6) is 0.828. The lowest BCUT2D eigenvalue weighted by Crippen LogP contribution is -2.45. The molecule has 1 heterocycles. The van der Waals surface area contributed by atoms with E-state index in [1.807, 2.05) is 0 Å². The average Bonchev–Trinajstić information content (AvgIpc) is 2.55. The molecular formula is C21H33NO. The number of aryl methyl sites for hydroxylation is 1. The lowest BCUT2D eigenvalue weighted by atomic mass is 9.84. The van der Waals surface area contributed by atoms with E-state index in [-0.39, 0.29) is 0 Å². The summed E-state index contributed by atoms with van der Waals surface area (Å²) in [7, 11) is 0. The van der Waals surface area contributed by atoms with Crippen LogP contribution in [0.15, 0.2) is 24.3 Å². The minimum absolute atomic E-state index is 0.383. The summed E-state index contributed by atoms with van der Waals surface area (Å²) in [6.45, 7) is 7.75. The van der Waals surface area contributed by atoms with E-state index in [0.29, 0.717) is 12.2 Å². The van der Waals surface area contributed by atoms with Gasteiger partial charge >= 0.3 is 0 Å². The van der Waals surface area contributed by atoms with Crippen LogP contribution >= 0.6 is 0 Å². The highest BCUT2D eigenvalue weighted by molar-refractivity contribution is 5.25. The molecule has 0 spiro atoms. The Labute approximate surface area is 142 Å². The van der Waals surface area contributed by atoms with Gasteiger partial charge in [0.2, 0.25) is 0 Å². The molecule has 2 fully saturated rings. The molecule has 0 radical (unpaired) electrons. The van der Waals surface area contributed by atoms with Crippen molar-refractivity contribution in [3.63, 3.8) is 0 Å². The van der Waals surface area contributed by atoms with E-state index in [1.54, 1.807) is 5.56 Å². The van der Waals surface area contributed by atoms with E-state index in [2.05, 4.69) is 43.0 Å². The van der Waals surface area contributed by atoms with Crippen LogP contribution in [0.1, 0.15) is 69.4 Å². The maximum absolute atomic E-state index is 5.81. The van der Waals surface area contributed by atoms with Crippen molar-refractivity contribution < 1.29 is 4.74 Å². The van der Waals surface area contributed by atoms with Gasteiger partial charge in [0.15, 0.2) is 0 Å². The summed E-state index contributed by atoms with van der Waals surface area (Å²) in [5, 5.41) is 0. The number of morpholine rings is 1. The number of rotatable bonds is 5. The minimum Gasteiger partial charge on any atom is -0.373 e. The van der Waals surface area contributed by atoms with Gasteiger partial charge in [-0.05, 0) is 63.1 Å². The van der Waals surface area contributed by atoms with Gasteiger partial charge < -0.3 is 4.74 Å². The quantitative estimate of drug-likeness (QED) is 0.775. The minimum atomic E-state index is 0.383. The van der Waals surface area contributed by atoms with Crippen LogP contribution in [0.3, 0.4) is 0 Å². The molecule has 1 aromatic carbocycles. The van der Waals surface area contributed by atoms with Crippen LogP contribution in [0.5, 0.6) is 0 Å². The van der Waals surface area contributed by atoms with Gasteiger partial charge in [-0.1, -0.05) is 43.5 Å². The zero-order chi connectivity index (χ0) is 16.1. The van der Waals surface area contributed by atoms with Gasteiger partial charge in [0.25, 0.3) is 0 Å². The Hall–Kier alpha value is -0.860. The molecule has 2 nitrogen and oxygen atoms in total. The molecule has 0 N–H and O–H groups in total. The lowest BCUT2D eigenvalue weighted by Gasteiger charge is -2.35.